The van der Waals surface area contributed by atoms with E-state index in [0.29, 0.717) is 24.6 Å². The van der Waals surface area contributed by atoms with Gasteiger partial charge in [-0.05, 0) is 24.1 Å². The lowest BCUT2D eigenvalue weighted by atomic mass is 10.2. The highest BCUT2D eigenvalue weighted by Gasteiger charge is 2.33. The molecule has 0 radical (unpaired) electrons. The quantitative estimate of drug-likeness (QED) is 0.741. The van der Waals surface area contributed by atoms with Crippen molar-refractivity contribution in [3.8, 4) is 11.5 Å². The number of benzene rings is 1. The third-order valence-corrected chi connectivity index (χ3v) is 7.18. The van der Waals surface area contributed by atoms with E-state index in [4.69, 9.17) is 9.47 Å². The van der Waals surface area contributed by atoms with Crippen molar-refractivity contribution in [2.24, 2.45) is 0 Å². The Morgan fingerprint density at radius 1 is 1.15 bits per heavy atom. The second-order valence-electron chi connectivity index (χ2n) is 7.33. The standard InChI is InChI=1S/C18H25N3O5S/c22-18(19-10-14-1-2-16-17(9-14)26-13-25-16)11-20-4-6-21(7-5-20)15-3-8-27(23,24)12-15/h1-2,9,15H,3-8,10-13H2,(H,19,22). The third kappa shape index (κ3) is 4.53. The first-order valence-corrected chi connectivity index (χ1v) is 11.1. The van der Waals surface area contributed by atoms with Gasteiger partial charge in [-0.1, -0.05) is 6.07 Å². The molecule has 8 nitrogen and oxygen atoms in total. The van der Waals surface area contributed by atoms with Crippen LogP contribution in [0.25, 0.3) is 0 Å². The molecule has 3 heterocycles. The Bertz CT molecular complexity index is 805. The number of hydrogen-bond acceptors (Lipinski definition) is 7. The minimum Gasteiger partial charge on any atom is -0.454 e. The molecule has 9 heteroatoms. The van der Waals surface area contributed by atoms with Crippen LogP contribution in [0.5, 0.6) is 11.5 Å². The van der Waals surface area contributed by atoms with Crippen LogP contribution >= 0.6 is 0 Å². The maximum Gasteiger partial charge on any atom is 0.234 e. The van der Waals surface area contributed by atoms with E-state index in [9.17, 15) is 13.2 Å². The Morgan fingerprint density at radius 2 is 1.93 bits per heavy atom. The van der Waals surface area contributed by atoms with Crippen LogP contribution < -0.4 is 14.8 Å². The van der Waals surface area contributed by atoms with Gasteiger partial charge < -0.3 is 14.8 Å². The molecule has 1 N–H and O–H groups in total. The van der Waals surface area contributed by atoms with Gasteiger partial charge in [-0.3, -0.25) is 14.6 Å². The van der Waals surface area contributed by atoms with E-state index in [1.165, 1.54) is 0 Å². The van der Waals surface area contributed by atoms with Crippen LogP contribution in [-0.2, 0) is 21.2 Å². The molecule has 148 valence electrons. The van der Waals surface area contributed by atoms with E-state index >= 15 is 0 Å². The average molecular weight is 395 g/mol. The molecule has 3 aliphatic rings. The van der Waals surface area contributed by atoms with Gasteiger partial charge in [-0.25, -0.2) is 8.42 Å². The number of rotatable bonds is 5. The zero-order valence-electron chi connectivity index (χ0n) is 15.2. The molecule has 1 aromatic carbocycles. The van der Waals surface area contributed by atoms with Crippen molar-refractivity contribution in [3.05, 3.63) is 23.8 Å². The summed E-state index contributed by atoms with van der Waals surface area (Å²) >= 11 is 0. The van der Waals surface area contributed by atoms with Crippen LogP contribution in [0.2, 0.25) is 0 Å². The van der Waals surface area contributed by atoms with Gasteiger partial charge in [0.15, 0.2) is 21.3 Å². The van der Waals surface area contributed by atoms with Gasteiger partial charge in [0.05, 0.1) is 18.1 Å². The molecule has 0 saturated carbocycles. The van der Waals surface area contributed by atoms with Crippen LogP contribution in [0.3, 0.4) is 0 Å². The lowest BCUT2D eigenvalue weighted by Crippen LogP contribution is -2.52. The number of carbonyl (C=O) groups excluding carboxylic acids is 1. The molecule has 2 saturated heterocycles. The Morgan fingerprint density at radius 3 is 2.67 bits per heavy atom. The van der Waals surface area contributed by atoms with Crippen LogP contribution in [0.15, 0.2) is 18.2 Å². The molecule has 27 heavy (non-hydrogen) atoms. The number of hydrogen-bond donors (Lipinski definition) is 1. The van der Waals surface area contributed by atoms with E-state index in [1.807, 2.05) is 18.2 Å². The first kappa shape index (κ1) is 18.5. The van der Waals surface area contributed by atoms with Gasteiger partial charge >= 0.3 is 0 Å². The minimum atomic E-state index is -2.85. The summed E-state index contributed by atoms with van der Waals surface area (Å²) in [4.78, 5) is 16.6. The predicted octanol–water partition coefficient (Wildman–Crippen LogP) is -0.164. The van der Waals surface area contributed by atoms with E-state index in [-0.39, 0.29) is 24.5 Å². The normalized spacial score (nSPS) is 24.8. The van der Waals surface area contributed by atoms with E-state index < -0.39 is 9.84 Å². The monoisotopic (exact) mass is 395 g/mol. The number of piperazine rings is 1. The fraction of sp³-hybridized carbons (Fsp3) is 0.611. The van der Waals surface area contributed by atoms with Gasteiger partial charge in [-0.15, -0.1) is 0 Å². The summed E-state index contributed by atoms with van der Waals surface area (Å²) in [5, 5.41) is 2.94. The summed E-state index contributed by atoms with van der Waals surface area (Å²) in [7, 11) is -2.85. The van der Waals surface area contributed by atoms with Crippen LogP contribution in [0, 0.1) is 0 Å². The summed E-state index contributed by atoms with van der Waals surface area (Å²) in [6.07, 6.45) is 0.734. The number of sulfone groups is 1. The summed E-state index contributed by atoms with van der Waals surface area (Å²) in [5.41, 5.74) is 0.972. The van der Waals surface area contributed by atoms with E-state index in [0.717, 1.165) is 43.9 Å². The number of amides is 1. The summed E-state index contributed by atoms with van der Waals surface area (Å²) in [6.45, 7) is 4.26. The van der Waals surface area contributed by atoms with Gasteiger partial charge in [0.1, 0.15) is 0 Å². The van der Waals surface area contributed by atoms with Crippen LogP contribution in [0.1, 0.15) is 12.0 Å². The van der Waals surface area contributed by atoms with Gasteiger partial charge in [0.25, 0.3) is 0 Å². The fourth-order valence-corrected chi connectivity index (χ4v) is 5.62. The third-order valence-electron chi connectivity index (χ3n) is 5.43. The van der Waals surface area contributed by atoms with Crippen molar-refractivity contribution in [1.82, 2.24) is 15.1 Å². The highest BCUT2D eigenvalue weighted by molar-refractivity contribution is 7.91. The Labute approximate surface area is 159 Å². The number of fused-ring (bicyclic) bond motifs is 1. The molecule has 0 aromatic heterocycles. The van der Waals surface area contributed by atoms with Gasteiger partial charge in [-0.2, -0.15) is 0 Å². The molecule has 1 aromatic rings. The molecule has 1 atom stereocenters. The second kappa shape index (κ2) is 7.65. The number of ether oxygens (including phenoxy) is 2. The van der Waals surface area contributed by atoms with Crippen LogP contribution in [-0.4, -0.2) is 81.2 Å². The zero-order chi connectivity index (χ0) is 18.9. The van der Waals surface area contributed by atoms with E-state index in [1.54, 1.807) is 0 Å². The highest BCUT2D eigenvalue weighted by Crippen LogP contribution is 2.32. The van der Waals surface area contributed by atoms with Crippen molar-refractivity contribution in [1.29, 1.82) is 0 Å². The van der Waals surface area contributed by atoms with Crippen molar-refractivity contribution in [2.45, 2.75) is 19.0 Å². The Balaban J connectivity index is 1.19. The lowest BCUT2D eigenvalue weighted by Gasteiger charge is -2.37. The molecule has 0 bridgehead atoms. The largest absolute Gasteiger partial charge is 0.454 e. The minimum absolute atomic E-state index is 0.00967. The smallest absolute Gasteiger partial charge is 0.234 e. The van der Waals surface area contributed by atoms with Crippen molar-refractivity contribution in [3.63, 3.8) is 0 Å². The van der Waals surface area contributed by atoms with Crippen LogP contribution in [0.4, 0.5) is 0 Å². The van der Waals surface area contributed by atoms with Crippen molar-refractivity contribution < 1.29 is 22.7 Å². The second-order valence-corrected chi connectivity index (χ2v) is 9.56. The SMILES string of the molecule is O=C(CN1CCN(C2CCS(=O)(=O)C2)CC1)NCc1ccc2c(c1)OCO2. The van der Waals surface area contributed by atoms with E-state index in [2.05, 4.69) is 15.1 Å². The predicted molar refractivity (Wildman–Crippen MR) is 99.5 cm³/mol. The number of nitrogens with zero attached hydrogens (tertiary/aromatic N) is 2. The van der Waals surface area contributed by atoms with Gasteiger partial charge in [0, 0.05) is 38.8 Å². The molecular weight excluding hydrogens is 370 g/mol. The first-order chi connectivity index (χ1) is 13.0. The summed E-state index contributed by atoms with van der Waals surface area (Å²) in [6, 6.07) is 5.81. The zero-order valence-corrected chi connectivity index (χ0v) is 16.0. The number of carbonyl (C=O) groups is 1. The molecule has 0 aliphatic carbocycles. The maximum absolute atomic E-state index is 12.2. The molecule has 1 amide bonds. The maximum atomic E-state index is 12.2. The van der Waals surface area contributed by atoms with Crippen molar-refractivity contribution in [2.75, 3.05) is 51.0 Å². The summed E-state index contributed by atoms with van der Waals surface area (Å²) in [5.74, 6) is 2.03. The Kier molecular flexibility index (Phi) is 5.25. The topological polar surface area (TPSA) is 88.2 Å². The lowest BCUT2D eigenvalue weighted by molar-refractivity contribution is -0.122. The number of nitrogens with one attached hydrogen (secondary N) is 1. The molecule has 2 fully saturated rings. The van der Waals surface area contributed by atoms with Crippen molar-refractivity contribution >= 4 is 15.7 Å². The van der Waals surface area contributed by atoms with Gasteiger partial charge in [0.2, 0.25) is 12.7 Å². The Hall–Kier alpha value is -1.84. The molecular formula is C18H25N3O5S. The first-order valence-electron chi connectivity index (χ1n) is 9.30. The molecule has 4 rings (SSSR count). The molecule has 0 spiro atoms. The summed E-state index contributed by atoms with van der Waals surface area (Å²) < 4.78 is 33.9. The fourth-order valence-electron chi connectivity index (χ4n) is 3.86. The molecule has 1 unspecified atom stereocenters. The molecule has 3 aliphatic heterocycles. The average Bonchev–Trinajstić information content (AvgIpc) is 3.26. The highest BCUT2D eigenvalue weighted by atomic mass is 32.2.